The summed E-state index contributed by atoms with van der Waals surface area (Å²) in [4.78, 5) is 21.5. The van der Waals surface area contributed by atoms with Crippen molar-refractivity contribution in [3.05, 3.63) is 42.0 Å². The molecule has 6 nitrogen and oxygen atoms in total. The van der Waals surface area contributed by atoms with E-state index in [2.05, 4.69) is 15.0 Å². The average Bonchev–Trinajstić information content (AvgIpc) is 3.23. The van der Waals surface area contributed by atoms with Crippen LogP contribution in [0.5, 0.6) is 0 Å². The SMILES string of the molecule is CCn1nccc1C(=O)N(CCCN(C)C)c1nc2ccc(F)cc2s1.Cl. The molecule has 0 aliphatic carbocycles. The molecule has 27 heavy (non-hydrogen) atoms. The van der Waals surface area contributed by atoms with Gasteiger partial charge in [-0.3, -0.25) is 14.4 Å². The monoisotopic (exact) mass is 411 g/mol. The third-order valence-electron chi connectivity index (χ3n) is 4.04. The summed E-state index contributed by atoms with van der Waals surface area (Å²) < 4.78 is 15.9. The predicted octanol–water partition coefficient (Wildman–Crippen LogP) is 3.67. The standard InChI is InChI=1S/C18H22FN5OS.ClH/c1-4-24-15(8-9-20-24)17(25)23(11-5-10-22(2)3)18-21-14-7-6-13(19)12-16(14)26-18;/h6-9,12H,4-5,10-11H2,1-3H3;1H. The Kier molecular flexibility index (Phi) is 7.29. The van der Waals surface area contributed by atoms with Crippen molar-refractivity contribution in [2.24, 2.45) is 0 Å². The fraction of sp³-hybridized carbons (Fsp3) is 0.389. The van der Waals surface area contributed by atoms with Crippen LogP contribution in [0.3, 0.4) is 0 Å². The number of hydrogen-bond acceptors (Lipinski definition) is 5. The van der Waals surface area contributed by atoms with Crippen LogP contribution in [0.15, 0.2) is 30.5 Å². The first-order chi connectivity index (χ1) is 12.5. The van der Waals surface area contributed by atoms with Gasteiger partial charge in [0.1, 0.15) is 11.5 Å². The van der Waals surface area contributed by atoms with Gasteiger partial charge in [-0.15, -0.1) is 12.4 Å². The van der Waals surface area contributed by atoms with Crippen LogP contribution in [0.25, 0.3) is 10.2 Å². The van der Waals surface area contributed by atoms with E-state index < -0.39 is 0 Å². The zero-order valence-corrected chi connectivity index (χ0v) is 17.2. The smallest absolute Gasteiger partial charge is 0.278 e. The molecule has 0 aliphatic rings. The second kappa shape index (κ2) is 9.25. The van der Waals surface area contributed by atoms with Gasteiger partial charge in [-0.25, -0.2) is 9.37 Å². The fourth-order valence-corrected chi connectivity index (χ4v) is 3.75. The molecule has 2 heterocycles. The van der Waals surface area contributed by atoms with Crippen molar-refractivity contribution in [3.8, 4) is 0 Å². The van der Waals surface area contributed by atoms with Crippen LogP contribution in [0, 0.1) is 5.82 Å². The predicted molar refractivity (Wildman–Crippen MR) is 110 cm³/mol. The van der Waals surface area contributed by atoms with E-state index in [0.717, 1.165) is 17.7 Å². The number of amides is 1. The second-order valence-corrected chi connectivity index (χ2v) is 7.26. The van der Waals surface area contributed by atoms with Crippen molar-refractivity contribution >= 4 is 45.0 Å². The number of aryl methyl sites for hydroxylation is 1. The molecule has 9 heteroatoms. The molecular formula is C18H23ClFN5OS. The Labute approximate surface area is 168 Å². The highest BCUT2D eigenvalue weighted by atomic mass is 35.5. The van der Waals surface area contributed by atoms with Gasteiger partial charge in [0.05, 0.1) is 10.2 Å². The summed E-state index contributed by atoms with van der Waals surface area (Å²) in [7, 11) is 4.00. The molecular weight excluding hydrogens is 389 g/mol. The van der Waals surface area contributed by atoms with E-state index in [1.165, 1.54) is 23.5 Å². The number of anilines is 1. The molecule has 0 spiro atoms. The highest BCUT2D eigenvalue weighted by molar-refractivity contribution is 7.22. The minimum Gasteiger partial charge on any atom is -0.309 e. The summed E-state index contributed by atoms with van der Waals surface area (Å²) in [5, 5.41) is 4.77. The summed E-state index contributed by atoms with van der Waals surface area (Å²) in [5.41, 5.74) is 1.23. The van der Waals surface area contributed by atoms with E-state index in [4.69, 9.17) is 0 Å². The van der Waals surface area contributed by atoms with Crippen molar-refractivity contribution < 1.29 is 9.18 Å². The van der Waals surface area contributed by atoms with Crippen molar-refractivity contribution in [2.45, 2.75) is 19.9 Å². The highest BCUT2D eigenvalue weighted by Gasteiger charge is 2.23. The van der Waals surface area contributed by atoms with Gasteiger partial charge in [-0.2, -0.15) is 5.10 Å². The molecule has 0 atom stereocenters. The number of fused-ring (bicyclic) bond motifs is 1. The number of carbonyl (C=O) groups excluding carboxylic acids is 1. The molecule has 1 amide bonds. The van der Waals surface area contributed by atoms with Crippen molar-refractivity contribution in [2.75, 3.05) is 32.1 Å². The first kappa shape index (κ1) is 21.3. The number of benzene rings is 1. The molecule has 1 aromatic carbocycles. The third kappa shape index (κ3) is 4.82. The number of halogens is 2. The Morgan fingerprint density at radius 2 is 2.04 bits per heavy atom. The molecule has 0 unspecified atom stereocenters. The van der Waals surface area contributed by atoms with Crippen LogP contribution in [0.1, 0.15) is 23.8 Å². The van der Waals surface area contributed by atoms with Gasteiger partial charge in [-0.1, -0.05) is 11.3 Å². The lowest BCUT2D eigenvalue weighted by atomic mass is 10.3. The van der Waals surface area contributed by atoms with E-state index in [-0.39, 0.29) is 24.1 Å². The zero-order chi connectivity index (χ0) is 18.7. The van der Waals surface area contributed by atoms with Gasteiger partial charge in [0.2, 0.25) is 0 Å². The van der Waals surface area contributed by atoms with Gasteiger partial charge < -0.3 is 4.90 Å². The van der Waals surface area contributed by atoms with E-state index in [0.29, 0.717) is 29.4 Å². The van der Waals surface area contributed by atoms with Crippen LogP contribution in [0.4, 0.5) is 9.52 Å². The fourth-order valence-electron chi connectivity index (χ4n) is 2.74. The molecule has 0 saturated carbocycles. The molecule has 146 valence electrons. The van der Waals surface area contributed by atoms with Crippen molar-refractivity contribution in [1.29, 1.82) is 0 Å². The van der Waals surface area contributed by atoms with Gasteiger partial charge >= 0.3 is 0 Å². The van der Waals surface area contributed by atoms with Gasteiger partial charge in [0, 0.05) is 19.3 Å². The van der Waals surface area contributed by atoms with E-state index in [1.54, 1.807) is 27.9 Å². The quantitative estimate of drug-likeness (QED) is 0.595. The maximum Gasteiger partial charge on any atom is 0.278 e. The summed E-state index contributed by atoms with van der Waals surface area (Å²) in [6, 6.07) is 6.20. The second-order valence-electron chi connectivity index (χ2n) is 6.25. The number of thiazole rings is 1. The first-order valence-electron chi connectivity index (χ1n) is 8.54. The highest BCUT2D eigenvalue weighted by Crippen LogP contribution is 2.30. The molecule has 0 fully saturated rings. The topological polar surface area (TPSA) is 54.3 Å². The third-order valence-corrected chi connectivity index (χ3v) is 5.08. The van der Waals surface area contributed by atoms with E-state index >= 15 is 0 Å². The van der Waals surface area contributed by atoms with Crippen LogP contribution < -0.4 is 4.90 Å². The average molecular weight is 412 g/mol. The van der Waals surface area contributed by atoms with Gasteiger partial charge in [0.25, 0.3) is 5.91 Å². The Morgan fingerprint density at radius 3 is 2.74 bits per heavy atom. The lowest BCUT2D eigenvalue weighted by molar-refractivity contribution is 0.0975. The summed E-state index contributed by atoms with van der Waals surface area (Å²) in [6.07, 6.45) is 2.44. The molecule has 0 N–H and O–H groups in total. The largest absolute Gasteiger partial charge is 0.309 e. The molecule has 0 bridgehead atoms. The molecule has 0 saturated heterocycles. The Balaban J connectivity index is 0.00000261. The molecule has 0 radical (unpaired) electrons. The molecule has 2 aromatic heterocycles. The summed E-state index contributed by atoms with van der Waals surface area (Å²) in [5.74, 6) is -0.440. The zero-order valence-electron chi connectivity index (χ0n) is 15.6. The number of aromatic nitrogens is 3. The molecule has 3 aromatic rings. The Bertz CT molecular complexity index is 910. The van der Waals surface area contributed by atoms with Gasteiger partial charge in [0.15, 0.2) is 5.13 Å². The van der Waals surface area contributed by atoms with Crippen molar-refractivity contribution in [1.82, 2.24) is 19.7 Å². The number of nitrogens with zero attached hydrogens (tertiary/aromatic N) is 5. The molecule has 0 aliphatic heterocycles. The van der Waals surface area contributed by atoms with Gasteiger partial charge in [-0.05, 0) is 58.3 Å². The normalized spacial score (nSPS) is 11.0. The lowest BCUT2D eigenvalue weighted by Gasteiger charge is -2.21. The van der Waals surface area contributed by atoms with E-state index in [9.17, 15) is 9.18 Å². The summed E-state index contributed by atoms with van der Waals surface area (Å²) >= 11 is 1.33. The van der Waals surface area contributed by atoms with Crippen LogP contribution >= 0.6 is 23.7 Å². The van der Waals surface area contributed by atoms with Crippen LogP contribution in [-0.2, 0) is 6.54 Å². The van der Waals surface area contributed by atoms with Crippen molar-refractivity contribution in [3.63, 3.8) is 0 Å². The van der Waals surface area contributed by atoms with Crippen LogP contribution in [0.2, 0.25) is 0 Å². The number of carbonyl (C=O) groups is 1. The minimum absolute atomic E-state index is 0. The summed E-state index contributed by atoms with van der Waals surface area (Å²) in [6.45, 7) is 3.95. The number of rotatable bonds is 7. The Morgan fingerprint density at radius 1 is 1.26 bits per heavy atom. The lowest BCUT2D eigenvalue weighted by Crippen LogP contribution is -2.34. The molecule has 3 rings (SSSR count). The number of hydrogen-bond donors (Lipinski definition) is 0. The maximum absolute atomic E-state index is 13.5. The van der Waals surface area contributed by atoms with E-state index in [1.807, 2.05) is 21.0 Å². The first-order valence-corrected chi connectivity index (χ1v) is 9.35. The minimum atomic E-state index is -0.303. The van der Waals surface area contributed by atoms with Crippen LogP contribution in [-0.4, -0.2) is 52.8 Å². The Hall–Kier alpha value is -2.03. The maximum atomic E-state index is 13.5.